The van der Waals surface area contributed by atoms with Crippen LogP contribution in [0.1, 0.15) is 58.3 Å². The Morgan fingerprint density at radius 3 is 2.61 bits per heavy atom. The molecule has 156 valence electrons. The molecular formula is C19H28N2O6S. The van der Waals surface area contributed by atoms with Gasteiger partial charge >= 0.3 is 5.97 Å². The van der Waals surface area contributed by atoms with E-state index in [1.807, 2.05) is 0 Å². The number of carbonyl (C=O) groups is 2. The first kappa shape index (κ1) is 20.9. The number of aromatic nitrogens is 1. The molecule has 0 aliphatic carbocycles. The molecule has 9 heteroatoms. The second kappa shape index (κ2) is 8.24. The molecule has 2 aliphatic heterocycles. The van der Waals surface area contributed by atoms with E-state index in [4.69, 9.17) is 9.47 Å². The highest BCUT2D eigenvalue weighted by atomic mass is 32.2. The smallest absolute Gasteiger partial charge is 0.340 e. The number of nitrogens with zero attached hydrogens (tertiary/aromatic N) is 1. The first-order chi connectivity index (χ1) is 13.2. The highest BCUT2D eigenvalue weighted by molar-refractivity contribution is 7.91. The fourth-order valence-electron chi connectivity index (χ4n) is 4.04. The zero-order valence-electron chi connectivity index (χ0n) is 16.6. The topological polar surface area (TPSA) is 106 Å². The Morgan fingerprint density at radius 1 is 1.29 bits per heavy atom. The van der Waals surface area contributed by atoms with Crippen LogP contribution in [0.25, 0.3) is 0 Å². The molecular weight excluding hydrogens is 384 g/mol. The molecule has 0 unspecified atom stereocenters. The van der Waals surface area contributed by atoms with Gasteiger partial charge in [0.25, 0.3) is 5.91 Å². The maximum absolute atomic E-state index is 13.4. The number of rotatable bonds is 6. The molecule has 2 atom stereocenters. The molecule has 2 saturated heterocycles. The molecule has 0 radical (unpaired) electrons. The third-order valence-electron chi connectivity index (χ3n) is 5.47. The maximum Gasteiger partial charge on any atom is 0.340 e. The molecule has 1 amide bonds. The highest BCUT2D eigenvalue weighted by Crippen LogP contribution is 2.26. The summed E-state index contributed by atoms with van der Waals surface area (Å²) in [4.78, 5) is 30.3. The first-order valence-corrected chi connectivity index (χ1v) is 11.5. The van der Waals surface area contributed by atoms with E-state index < -0.39 is 15.8 Å². The van der Waals surface area contributed by atoms with Crippen molar-refractivity contribution in [2.24, 2.45) is 0 Å². The fraction of sp³-hybridized carbons (Fsp3) is 0.684. The zero-order valence-corrected chi connectivity index (χ0v) is 17.4. The van der Waals surface area contributed by atoms with E-state index in [1.54, 1.807) is 25.7 Å². The Labute approximate surface area is 165 Å². The summed E-state index contributed by atoms with van der Waals surface area (Å²) in [7, 11) is -3.14. The monoisotopic (exact) mass is 412 g/mol. The predicted molar refractivity (Wildman–Crippen MR) is 103 cm³/mol. The van der Waals surface area contributed by atoms with Crippen molar-refractivity contribution in [2.45, 2.75) is 52.2 Å². The number of aromatic amines is 1. The second-order valence-corrected chi connectivity index (χ2v) is 9.72. The number of aryl methyl sites for hydroxylation is 1. The van der Waals surface area contributed by atoms with Crippen LogP contribution in [0.5, 0.6) is 0 Å². The molecule has 3 rings (SSSR count). The van der Waals surface area contributed by atoms with Crippen LogP contribution >= 0.6 is 0 Å². The molecule has 1 N–H and O–H groups in total. The van der Waals surface area contributed by atoms with E-state index in [2.05, 4.69) is 4.98 Å². The lowest BCUT2D eigenvalue weighted by Gasteiger charge is -2.30. The molecule has 1 aromatic rings. The molecule has 8 nitrogen and oxygen atoms in total. The summed E-state index contributed by atoms with van der Waals surface area (Å²) < 4.78 is 34.8. The predicted octanol–water partition coefficient (Wildman–Crippen LogP) is 1.62. The molecule has 28 heavy (non-hydrogen) atoms. The van der Waals surface area contributed by atoms with Crippen molar-refractivity contribution < 1.29 is 27.5 Å². The molecule has 0 bridgehead atoms. The number of esters is 1. The third-order valence-corrected chi connectivity index (χ3v) is 7.22. The van der Waals surface area contributed by atoms with Crippen LogP contribution in [0, 0.1) is 13.8 Å². The number of hydrogen-bond acceptors (Lipinski definition) is 6. The van der Waals surface area contributed by atoms with Crippen LogP contribution in [0.4, 0.5) is 0 Å². The van der Waals surface area contributed by atoms with Gasteiger partial charge in [-0.15, -0.1) is 0 Å². The molecule has 0 spiro atoms. The van der Waals surface area contributed by atoms with Crippen molar-refractivity contribution in [2.75, 3.05) is 31.3 Å². The fourth-order valence-corrected chi connectivity index (χ4v) is 5.77. The van der Waals surface area contributed by atoms with E-state index >= 15 is 0 Å². The van der Waals surface area contributed by atoms with Crippen LogP contribution in [0.2, 0.25) is 0 Å². The van der Waals surface area contributed by atoms with E-state index in [1.165, 1.54) is 0 Å². The standard InChI is InChI=1S/C19H28N2O6S/c1-4-26-19(23)16-12(2)17(20-13(16)3)18(22)21(10-15-6-5-8-27-15)14-7-9-28(24,25)11-14/h14-15,20H,4-11H2,1-3H3/t14-,15-/m0/s1. The van der Waals surface area contributed by atoms with Crippen molar-refractivity contribution in [3.8, 4) is 0 Å². The Kier molecular flexibility index (Phi) is 6.14. The van der Waals surface area contributed by atoms with E-state index in [0.29, 0.717) is 42.1 Å². The van der Waals surface area contributed by atoms with Crippen molar-refractivity contribution in [1.29, 1.82) is 0 Å². The average molecular weight is 413 g/mol. The highest BCUT2D eigenvalue weighted by Gasteiger charge is 2.38. The van der Waals surface area contributed by atoms with Crippen LogP contribution in [-0.2, 0) is 19.3 Å². The Morgan fingerprint density at radius 2 is 2.04 bits per heavy atom. The zero-order chi connectivity index (χ0) is 20.5. The number of nitrogens with one attached hydrogen (secondary N) is 1. The number of hydrogen-bond donors (Lipinski definition) is 1. The van der Waals surface area contributed by atoms with Gasteiger partial charge in [0.15, 0.2) is 9.84 Å². The van der Waals surface area contributed by atoms with Gasteiger partial charge in [0.05, 0.1) is 29.8 Å². The lowest BCUT2D eigenvalue weighted by Crippen LogP contribution is -2.45. The number of carbonyl (C=O) groups excluding carboxylic acids is 2. The number of ether oxygens (including phenoxy) is 2. The van der Waals surface area contributed by atoms with Gasteiger partial charge in [-0.2, -0.15) is 0 Å². The van der Waals surface area contributed by atoms with Crippen LogP contribution in [-0.4, -0.2) is 73.6 Å². The Hall–Kier alpha value is -1.87. The van der Waals surface area contributed by atoms with E-state index in [9.17, 15) is 18.0 Å². The summed E-state index contributed by atoms with van der Waals surface area (Å²) in [6.07, 6.45) is 2.11. The maximum atomic E-state index is 13.4. The third kappa shape index (κ3) is 4.25. The molecule has 1 aromatic heterocycles. The molecule has 2 fully saturated rings. The van der Waals surface area contributed by atoms with Gasteiger partial charge in [0, 0.05) is 24.9 Å². The second-order valence-electron chi connectivity index (χ2n) is 7.49. The normalized spacial score (nSPS) is 23.7. The molecule has 3 heterocycles. The minimum atomic E-state index is -3.14. The van der Waals surface area contributed by atoms with Crippen molar-refractivity contribution in [3.63, 3.8) is 0 Å². The Bertz CT molecular complexity index is 854. The molecule has 0 saturated carbocycles. The van der Waals surface area contributed by atoms with E-state index in [-0.39, 0.29) is 36.2 Å². The summed E-state index contributed by atoms with van der Waals surface area (Å²) in [5.74, 6) is -0.714. The van der Waals surface area contributed by atoms with Crippen molar-refractivity contribution >= 4 is 21.7 Å². The Balaban J connectivity index is 1.90. The molecule has 2 aliphatic rings. The first-order valence-electron chi connectivity index (χ1n) is 9.72. The van der Waals surface area contributed by atoms with Crippen LogP contribution < -0.4 is 0 Å². The van der Waals surface area contributed by atoms with Crippen molar-refractivity contribution in [1.82, 2.24) is 9.88 Å². The van der Waals surface area contributed by atoms with E-state index in [0.717, 1.165) is 12.8 Å². The van der Waals surface area contributed by atoms with Crippen molar-refractivity contribution in [3.05, 3.63) is 22.5 Å². The summed E-state index contributed by atoms with van der Waals surface area (Å²) in [5, 5.41) is 0. The van der Waals surface area contributed by atoms with Gasteiger partial charge in [-0.1, -0.05) is 0 Å². The minimum absolute atomic E-state index is 0.0328. The summed E-state index contributed by atoms with van der Waals surface area (Å²) in [6, 6.07) is -0.379. The number of H-pyrrole nitrogens is 1. The number of sulfone groups is 1. The largest absolute Gasteiger partial charge is 0.462 e. The summed E-state index contributed by atoms with van der Waals surface area (Å²) in [5.41, 5.74) is 1.76. The van der Waals surface area contributed by atoms with Gasteiger partial charge in [0.2, 0.25) is 0 Å². The van der Waals surface area contributed by atoms with Gasteiger partial charge in [-0.05, 0) is 45.6 Å². The van der Waals surface area contributed by atoms with Crippen LogP contribution in [0.15, 0.2) is 0 Å². The average Bonchev–Trinajstić information content (AvgIpc) is 3.32. The quantitative estimate of drug-likeness (QED) is 0.712. The van der Waals surface area contributed by atoms with Gasteiger partial charge < -0.3 is 19.4 Å². The van der Waals surface area contributed by atoms with Gasteiger partial charge in [-0.3, -0.25) is 4.79 Å². The molecule has 0 aromatic carbocycles. The lowest BCUT2D eigenvalue weighted by atomic mass is 10.1. The SMILES string of the molecule is CCOC(=O)c1c(C)[nH]c(C(=O)N(C[C@@H]2CCCO2)[C@H]2CCS(=O)(=O)C2)c1C. The summed E-state index contributed by atoms with van der Waals surface area (Å²) >= 11 is 0. The van der Waals surface area contributed by atoms with Gasteiger partial charge in [-0.25, -0.2) is 13.2 Å². The summed E-state index contributed by atoms with van der Waals surface area (Å²) in [6.45, 7) is 6.41. The van der Waals surface area contributed by atoms with Gasteiger partial charge in [0.1, 0.15) is 5.69 Å². The minimum Gasteiger partial charge on any atom is -0.462 e. The van der Waals surface area contributed by atoms with Crippen LogP contribution in [0.3, 0.4) is 0 Å². The number of amides is 1. The lowest BCUT2D eigenvalue weighted by molar-refractivity contribution is 0.0437.